The van der Waals surface area contributed by atoms with Crippen LogP contribution in [0.4, 0.5) is 0 Å². The van der Waals surface area contributed by atoms with Crippen molar-refractivity contribution in [3.05, 3.63) is 65.0 Å². The fourth-order valence-corrected chi connectivity index (χ4v) is 4.00. The molecule has 0 aliphatic heterocycles. The zero-order valence-electron chi connectivity index (χ0n) is 17.6. The Labute approximate surface area is 181 Å². The van der Waals surface area contributed by atoms with Crippen LogP contribution in [0.2, 0.25) is 0 Å². The fourth-order valence-electron chi connectivity index (χ4n) is 4.00. The largest absolute Gasteiger partial charge is 0.494 e. The number of nitrogens with one attached hydrogen (secondary N) is 3. The molecule has 3 aliphatic rings. The maximum Gasteiger partial charge on any atom is 0.325 e. The van der Waals surface area contributed by atoms with Crippen molar-refractivity contribution in [3.63, 3.8) is 0 Å². The molecular weight excluding hydrogens is 396 g/mol. The lowest BCUT2D eigenvalue weighted by Crippen LogP contribution is -2.45. The number of methoxy groups -OCH3 is 1. The zero-order chi connectivity index (χ0) is 22.0. The predicted molar refractivity (Wildman–Crippen MR) is 114 cm³/mol. The topological polar surface area (TPSA) is 119 Å². The molecular formula is C23H29N4O4+. The number of pyridine rings is 1. The van der Waals surface area contributed by atoms with Crippen LogP contribution >= 0.6 is 0 Å². The molecule has 31 heavy (non-hydrogen) atoms. The van der Waals surface area contributed by atoms with E-state index in [9.17, 15) is 15.1 Å². The lowest BCUT2D eigenvalue weighted by Gasteiger charge is -2.26. The molecule has 0 bridgehead atoms. The summed E-state index contributed by atoms with van der Waals surface area (Å²) in [6, 6.07) is 5.41. The summed E-state index contributed by atoms with van der Waals surface area (Å²) in [7, 11) is 1.49. The van der Waals surface area contributed by atoms with Gasteiger partial charge in [-0.3, -0.25) is 10.0 Å². The maximum atomic E-state index is 12.9. The van der Waals surface area contributed by atoms with E-state index < -0.39 is 5.91 Å². The van der Waals surface area contributed by atoms with E-state index in [-0.39, 0.29) is 23.6 Å². The van der Waals surface area contributed by atoms with Crippen molar-refractivity contribution >= 4 is 11.6 Å². The Morgan fingerprint density at radius 1 is 1.19 bits per heavy atom. The molecule has 1 heterocycles. The number of aliphatic hydroxyl groups excluding tert-OH is 1. The molecule has 1 aromatic heterocycles. The minimum atomic E-state index is -0.457. The van der Waals surface area contributed by atoms with Crippen LogP contribution in [0, 0.1) is 5.41 Å². The summed E-state index contributed by atoms with van der Waals surface area (Å²) in [6.45, 7) is 0. The highest BCUT2D eigenvalue weighted by Crippen LogP contribution is 2.38. The molecule has 0 atom stereocenters. The second-order valence-electron chi connectivity index (χ2n) is 8.33. The molecule has 0 saturated heterocycles. The van der Waals surface area contributed by atoms with Crippen molar-refractivity contribution in [2.24, 2.45) is 0 Å². The third-order valence-electron chi connectivity index (χ3n) is 6.01. The average Bonchev–Trinajstić information content (AvgIpc) is 3.60. The molecule has 4 rings (SSSR count). The van der Waals surface area contributed by atoms with Crippen LogP contribution in [0.3, 0.4) is 0 Å². The quantitative estimate of drug-likeness (QED) is 0.353. The smallest absolute Gasteiger partial charge is 0.325 e. The number of aromatic nitrogens is 1. The highest BCUT2D eigenvalue weighted by atomic mass is 16.5. The Kier molecular flexibility index (Phi) is 6.08. The molecule has 8 heteroatoms. The highest BCUT2D eigenvalue weighted by molar-refractivity contribution is 6.10. The molecule has 8 nitrogen and oxygen atoms in total. The lowest BCUT2D eigenvalue weighted by atomic mass is 9.93. The van der Waals surface area contributed by atoms with Crippen molar-refractivity contribution in [2.45, 2.75) is 56.6 Å². The van der Waals surface area contributed by atoms with Crippen LogP contribution < -0.4 is 15.4 Å². The number of amides is 1. The van der Waals surface area contributed by atoms with Gasteiger partial charge in [0.05, 0.1) is 24.6 Å². The van der Waals surface area contributed by atoms with Gasteiger partial charge in [-0.2, -0.15) is 0 Å². The summed E-state index contributed by atoms with van der Waals surface area (Å²) in [5.74, 6) is 0.211. The lowest BCUT2D eigenvalue weighted by molar-refractivity contribution is -0.910. The van der Waals surface area contributed by atoms with Gasteiger partial charge in [-0.1, -0.05) is 0 Å². The zero-order valence-corrected chi connectivity index (χ0v) is 17.6. The van der Waals surface area contributed by atoms with Gasteiger partial charge in [0.1, 0.15) is 5.76 Å². The summed E-state index contributed by atoms with van der Waals surface area (Å²) >= 11 is 0. The summed E-state index contributed by atoms with van der Waals surface area (Å²) in [6.07, 6.45) is 10.1. The van der Waals surface area contributed by atoms with Gasteiger partial charge >= 0.3 is 11.6 Å². The number of nitrogens with zero attached hydrogens (tertiary/aromatic N) is 1. The molecule has 0 radical (unpaired) electrons. The molecule has 5 N–H and O–H groups in total. The van der Waals surface area contributed by atoms with E-state index in [2.05, 4.69) is 10.6 Å². The molecule has 2 saturated carbocycles. The van der Waals surface area contributed by atoms with Crippen LogP contribution in [0.15, 0.2) is 53.6 Å². The van der Waals surface area contributed by atoms with Gasteiger partial charge < -0.3 is 25.9 Å². The molecule has 164 valence electrons. The van der Waals surface area contributed by atoms with Crippen LogP contribution in [0.5, 0.6) is 0 Å². The van der Waals surface area contributed by atoms with E-state index in [1.54, 1.807) is 30.5 Å². The van der Waals surface area contributed by atoms with Crippen molar-refractivity contribution in [2.75, 3.05) is 7.11 Å². The average molecular weight is 426 g/mol. The number of hydrogen-bond acceptors (Lipinski definition) is 6. The Morgan fingerprint density at radius 2 is 1.94 bits per heavy atom. The summed E-state index contributed by atoms with van der Waals surface area (Å²) in [5, 5.41) is 34.6. The molecule has 0 aromatic carbocycles. The summed E-state index contributed by atoms with van der Waals surface area (Å²) in [4.78, 5) is 12.9. The fraction of sp³-hybridized carbons (Fsp3) is 0.435. The first kappa shape index (κ1) is 21.1. The molecule has 1 aromatic rings. The number of carbonyl (C=O) groups is 1. The van der Waals surface area contributed by atoms with Crippen molar-refractivity contribution in [3.8, 4) is 0 Å². The first-order valence-corrected chi connectivity index (χ1v) is 10.7. The molecule has 0 spiro atoms. The van der Waals surface area contributed by atoms with Crippen LogP contribution in [0.25, 0.3) is 0 Å². The van der Waals surface area contributed by atoms with E-state index in [1.807, 2.05) is 6.07 Å². The Hall–Kier alpha value is -3.13. The second-order valence-corrected chi connectivity index (χ2v) is 8.33. The van der Waals surface area contributed by atoms with Gasteiger partial charge in [0, 0.05) is 46.7 Å². The van der Waals surface area contributed by atoms with Gasteiger partial charge in [0.25, 0.3) is 0 Å². The van der Waals surface area contributed by atoms with E-state index in [4.69, 9.17) is 10.1 Å². The Balaban J connectivity index is 1.51. The van der Waals surface area contributed by atoms with Gasteiger partial charge in [0.2, 0.25) is 5.69 Å². The highest BCUT2D eigenvalue weighted by Gasteiger charge is 2.36. The summed E-state index contributed by atoms with van der Waals surface area (Å²) < 4.78 is 6.32. The number of ether oxygens (including phenoxy) is 1. The van der Waals surface area contributed by atoms with Crippen molar-refractivity contribution < 1.29 is 24.6 Å². The Bertz CT molecular complexity index is 970. The van der Waals surface area contributed by atoms with Crippen molar-refractivity contribution in [1.29, 1.82) is 5.41 Å². The monoisotopic (exact) mass is 425 g/mol. The third kappa shape index (κ3) is 4.80. The number of aliphatic hydroxyl groups is 1. The van der Waals surface area contributed by atoms with Gasteiger partial charge in [-0.25, -0.2) is 0 Å². The number of carbonyl (C=O) groups excluding carboxylic acids is 1. The van der Waals surface area contributed by atoms with Crippen LogP contribution in [0.1, 0.15) is 60.6 Å². The number of rotatable bonds is 6. The van der Waals surface area contributed by atoms with E-state index in [0.717, 1.165) is 48.9 Å². The third-order valence-corrected chi connectivity index (χ3v) is 6.01. The van der Waals surface area contributed by atoms with Gasteiger partial charge in [0.15, 0.2) is 0 Å². The van der Waals surface area contributed by atoms with E-state index in [1.165, 1.54) is 7.11 Å². The number of allylic oxidation sites excluding steroid dienone is 3. The minimum Gasteiger partial charge on any atom is -0.494 e. The summed E-state index contributed by atoms with van der Waals surface area (Å²) in [5.41, 5.74) is 2.19. The minimum absolute atomic E-state index is 0.144. The normalized spacial score (nSPS) is 25.0. The standard InChI is InChI=1S/C23H28N4O4/c1-31-22-12-18(24)15(13-25-16-7-9-17(28)10-8-16)11-19(22)26-23(29)21-4-2-3-20(27(21)30)14-5-6-14/h2-4,11-14,16-17,24,28-30H,5-10H2,1H3/p+1. The molecule has 1 amide bonds. The molecule has 0 unspecified atom stereocenters. The molecule has 2 fully saturated rings. The van der Waals surface area contributed by atoms with E-state index >= 15 is 0 Å². The van der Waals surface area contributed by atoms with Gasteiger partial charge in [-0.05, 0) is 50.7 Å². The van der Waals surface area contributed by atoms with Crippen LogP contribution in [-0.4, -0.2) is 41.2 Å². The first-order valence-electron chi connectivity index (χ1n) is 10.7. The Morgan fingerprint density at radius 3 is 2.61 bits per heavy atom. The second kappa shape index (κ2) is 8.93. The first-order chi connectivity index (χ1) is 15.0. The number of hydrogen-bond donors (Lipinski definition) is 5. The maximum absolute atomic E-state index is 12.9. The molecule has 3 aliphatic carbocycles. The predicted octanol–water partition coefficient (Wildman–Crippen LogP) is 2.04. The van der Waals surface area contributed by atoms with Gasteiger partial charge in [-0.15, -0.1) is 0 Å². The van der Waals surface area contributed by atoms with E-state index in [0.29, 0.717) is 22.9 Å². The van der Waals surface area contributed by atoms with Crippen molar-refractivity contribution in [1.82, 2.24) is 10.6 Å². The SMILES string of the molecule is COC1=CC(=N)/C(=C\NC2CCC(O)CC2)C=C1NC(=O)c1cccc(C2CC2)[n+]1O. The van der Waals surface area contributed by atoms with Crippen LogP contribution in [-0.2, 0) is 4.74 Å².